The number of hydrogen-bond acceptors (Lipinski definition) is 3. The third-order valence-electron chi connectivity index (χ3n) is 3.29. The average molecular weight is 391 g/mol. The van der Waals surface area contributed by atoms with Crippen LogP contribution in [0.25, 0.3) is 0 Å². The van der Waals surface area contributed by atoms with Crippen molar-refractivity contribution in [1.29, 1.82) is 0 Å². The summed E-state index contributed by atoms with van der Waals surface area (Å²) in [5, 5.41) is 5.55. The van der Waals surface area contributed by atoms with E-state index in [-0.39, 0.29) is 18.9 Å². The summed E-state index contributed by atoms with van der Waals surface area (Å²) in [5.74, 6) is -0.192. The van der Waals surface area contributed by atoms with E-state index in [2.05, 4.69) is 26.6 Å². The van der Waals surface area contributed by atoms with Gasteiger partial charge >= 0.3 is 6.09 Å². The van der Waals surface area contributed by atoms with Gasteiger partial charge in [0.15, 0.2) is 0 Å². The number of hydrogen-bond donors (Lipinski definition) is 2. The Morgan fingerprint density at radius 3 is 2.38 bits per heavy atom. The topological polar surface area (TPSA) is 67.4 Å². The molecule has 0 heterocycles. The number of anilines is 1. The maximum Gasteiger partial charge on any atom is 0.407 e. The quantitative estimate of drug-likeness (QED) is 0.773. The summed E-state index contributed by atoms with van der Waals surface area (Å²) in [6, 6.07) is 16.2. The van der Waals surface area contributed by atoms with Crippen molar-refractivity contribution in [2.75, 3.05) is 11.9 Å². The number of alkyl carbamates (subject to hydrolysis) is 1. The van der Waals surface area contributed by atoms with Crippen molar-refractivity contribution in [3.8, 4) is 0 Å². The van der Waals surface area contributed by atoms with Crippen LogP contribution in [0.15, 0.2) is 59.1 Å². The van der Waals surface area contributed by atoms with E-state index in [1.807, 2.05) is 42.5 Å². The molecule has 0 unspecified atom stereocenters. The zero-order chi connectivity index (χ0) is 17.4. The van der Waals surface area contributed by atoms with Gasteiger partial charge in [-0.15, -0.1) is 0 Å². The summed E-state index contributed by atoms with van der Waals surface area (Å²) in [7, 11) is 0. The minimum Gasteiger partial charge on any atom is -0.450 e. The van der Waals surface area contributed by atoms with Crippen molar-refractivity contribution < 1.29 is 14.3 Å². The van der Waals surface area contributed by atoms with E-state index in [4.69, 9.17) is 4.74 Å². The molecule has 2 rings (SSSR count). The number of carbonyl (C=O) groups excluding carboxylic acids is 2. The maximum absolute atomic E-state index is 12.3. The molecular weight excluding hydrogens is 372 g/mol. The Morgan fingerprint density at radius 1 is 1.08 bits per heavy atom. The fraction of sp³-hybridized carbons (Fsp3) is 0.222. The molecule has 0 aliphatic rings. The number of ether oxygens (including phenoxy) is 1. The molecule has 2 N–H and O–H groups in total. The van der Waals surface area contributed by atoms with Gasteiger partial charge in [0.2, 0.25) is 5.91 Å². The Hall–Kier alpha value is -2.34. The van der Waals surface area contributed by atoms with E-state index in [1.54, 1.807) is 19.1 Å². The highest BCUT2D eigenvalue weighted by atomic mass is 79.9. The number of rotatable bonds is 6. The van der Waals surface area contributed by atoms with Crippen LogP contribution >= 0.6 is 15.9 Å². The Morgan fingerprint density at radius 2 is 1.75 bits per heavy atom. The Kier molecular flexibility index (Phi) is 6.81. The molecular formula is C18H19BrN2O3. The summed E-state index contributed by atoms with van der Waals surface area (Å²) < 4.78 is 5.86. The maximum atomic E-state index is 12.3. The van der Waals surface area contributed by atoms with E-state index < -0.39 is 12.1 Å². The van der Waals surface area contributed by atoms with Crippen molar-refractivity contribution in [1.82, 2.24) is 5.32 Å². The highest BCUT2D eigenvalue weighted by Crippen LogP contribution is 2.19. The van der Waals surface area contributed by atoms with Gasteiger partial charge < -0.3 is 15.4 Å². The van der Waals surface area contributed by atoms with Gasteiger partial charge in [-0.3, -0.25) is 4.79 Å². The standard InChI is InChI=1S/C18H19BrN2O3/c1-2-24-18(23)21-16(13-6-4-3-5-7-13)12-17(22)20-15-10-8-14(19)9-11-15/h3-11,16H,2,12H2,1H3,(H,20,22)(H,21,23)/t16-/m0/s1. The van der Waals surface area contributed by atoms with Gasteiger partial charge in [0.05, 0.1) is 19.1 Å². The summed E-state index contributed by atoms with van der Waals surface area (Å²) in [5.41, 5.74) is 1.54. The molecule has 5 nitrogen and oxygen atoms in total. The summed E-state index contributed by atoms with van der Waals surface area (Å²) in [6.45, 7) is 2.01. The number of halogens is 1. The molecule has 126 valence electrons. The molecule has 0 radical (unpaired) electrons. The largest absolute Gasteiger partial charge is 0.450 e. The molecule has 0 saturated carbocycles. The van der Waals surface area contributed by atoms with E-state index in [9.17, 15) is 9.59 Å². The molecule has 6 heteroatoms. The summed E-state index contributed by atoms with van der Waals surface area (Å²) >= 11 is 3.35. The van der Waals surface area contributed by atoms with Crippen LogP contribution in [0.2, 0.25) is 0 Å². The van der Waals surface area contributed by atoms with Crippen LogP contribution in [0.3, 0.4) is 0 Å². The third-order valence-corrected chi connectivity index (χ3v) is 3.82. The molecule has 0 aromatic heterocycles. The second-order valence-corrected chi connectivity index (χ2v) is 6.00. The van der Waals surface area contributed by atoms with Gasteiger partial charge in [-0.25, -0.2) is 4.79 Å². The smallest absolute Gasteiger partial charge is 0.407 e. The molecule has 24 heavy (non-hydrogen) atoms. The number of nitrogens with one attached hydrogen (secondary N) is 2. The number of amides is 2. The molecule has 0 saturated heterocycles. The van der Waals surface area contributed by atoms with Gasteiger partial charge in [-0.05, 0) is 36.8 Å². The lowest BCUT2D eigenvalue weighted by Crippen LogP contribution is -2.32. The van der Waals surface area contributed by atoms with Crippen molar-refractivity contribution >= 4 is 33.6 Å². The molecule has 0 spiro atoms. The lowest BCUT2D eigenvalue weighted by Gasteiger charge is -2.18. The molecule has 0 aliphatic heterocycles. The molecule has 2 aromatic carbocycles. The third kappa shape index (κ3) is 5.70. The molecule has 2 aromatic rings. The highest BCUT2D eigenvalue weighted by molar-refractivity contribution is 9.10. The second kappa shape index (κ2) is 9.08. The molecule has 2 amide bonds. The van der Waals surface area contributed by atoms with Crippen molar-refractivity contribution in [3.63, 3.8) is 0 Å². The molecule has 0 fully saturated rings. The van der Waals surface area contributed by atoms with Crippen molar-refractivity contribution in [2.24, 2.45) is 0 Å². The normalized spacial score (nSPS) is 11.4. The second-order valence-electron chi connectivity index (χ2n) is 5.09. The number of benzene rings is 2. The van der Waals surface area contributed by atoms with Crippen LogP contribution in [-0.2, 0) is 9.53 Å². The first-order chi connectivity index (χ1) is 11.6. The molecule has 0 bridgehead atoms. The van der Waals surface area contributed by atoms with Crippen molar-refractivity contribution in [3.05, 3.63) is 64.6 Å². The molecule has 0 aliphatic carbocycles. The first kappa shape index (κ1) is 18.0. The SMILES string of the molecule is CCOC(=O)N[C@@H](CC(=O)Nc1ccc(Br)cc1)c1ccccc1. The van der Waals surface area contributed by atoms with Crippen LogP contribution in [0.4, 0.5) is 10.5 Å². The Bertz CT molecular complexity index is 674. The first-order valence-electron chi connectivity index (χ1n) is 7.62. The predicted octanol–water partition coefficient (Wildman–Crippen LogP) is 4.27. The minimum atomic E-state index is -0.539. The fourth-order valence-electron chi connectivity index (χ4n) is 2.18. The van der Waals surface area contributed by atoms with Crippen LogP contribution in [0, 0.1) is 0 Å². The van der Waals surface area contributed by atoms with E-state index >= 15 is 0 Å². The molecule has 1 atom stereocenters. The average Bonchev–Trinajstić information content (AvgIpc) is 2.57. The highest BCUT2D eigenvalue weighted by Gasteiger charge is 2.19. The van der Waals surface area contributed by atoms with Crippen LogP contribution in [0.1, 0.15) is 24.9 Å². The van der Waals surface area contributed by atoms with E-state index in [0.717, 1.165) is 10.0 Å². The first-order valence-corrected chi connectivity index (χ1v) is 8.41. The summed E-state index contributed by atoms with van der Waals surface area (Å²) in [6.07, 6.45) is -0.429. The van der Waals surface area contributed by atoms with Crippen LogP contribution in [0.5, 0.6) is 0 Å². The Balaban J connectivity index is 2.05. The van der Waals surface area contributed by atoms with Gasteiger partial charge in [-0.1, -0.05) is 46.3 Å². The van der Waals surface area contributed by atoms with Gasteiger partial charge in [0.25, 0.3) is 0 Å². The monoisotopic (exact) mass is 390 g/mol. The van der Waals surface area contributed by atoms with Gasteiger partial charge in [0, 0.05) is 10.2 Å². The minimum absolute atomic E-state index is 0.110. The zero-order valence-corrected chi connectivity index (χ0v) is 14.9. The lowest BCUT2D eigenvalue weighted by atomic mass is 10.0. The van der Waals surface area contributed by atoms with Crippen LogP contribution < -0.4 is 10.6 Å². The summed E-state index contributed by atoms with van der Waals surface area (Å²) in [4.78, 5) is 24.0. The van der Waals surface area contributed by atoms with Gasteiger partial charge in [-0.2, -0.15) is 0 Å². The van der Waals surface area contributed by atoms with Gasteiger partial charge in [0.1, 0.15) is 0 Å². The van der Waals surface area contributed by atoms with E-state index in [0.29, 0.717) is 5.69 Å². The Labute approximate surface area is 149 Å². The van der Waals surface area contributed by atoms with E-state index in [1.165, 1.54) is 0 Å². The number of carbonyl (C=O) groups is 2. The zero-order valence-electron chi connectivity index (χ0n) is 13.3. The predicted molar refractivity (Wildman–Crippen MR) is 96.7 cm³/mol. The van der Waals surface area contributed by atoms with Crippen molar-refractivity contribution in [2.45, 2.75) is 19.4 Å². The fourth-order valence-corrected chi connectivity index (χ4v) is 2.45. The lowest BCUT2D eigenvalue weighted by molar-refractivity contribution is -0.116. The van der Waals surface area contributed by atoms with Crippen LogP contribution in [-0.4, -0.2) is 18.6 Å².